The molecule has 2 aliphatic rings. The molecule has 0 aromatic carbocycles. The van der Waals surface area contributed by atoms with Gasteiger partial charge in [-0.3, -0.25) is 4.79 Å². The molecular weight excluding hydrogens is 267 g/mol. The molecule has 3 rings (SSSR count). The van der Waals surface area contributed by atoms with Crippen LogP contribution in [0.15, 0.2) is 12.3 Å². The Morgan fingerprint density at radius 2 is 2.32 bits per heavy atom. The normalized spacial score (nSPS) is 28.6. The molecule has 1 amide bonds. The molecular formula is C14H16ClFN2O. The van der Waals surface area contributed by atoms with Crippen molar-refractivity contribution in [2.45, 2.75) is 25.7 Å². The van der Waals surface area contributed by atoms with Gasteiger partial charge < -0.3 is 5.32 Å². The Balaban J connectivity index is 1.61. The minimum absolute atomic E-state index is 0.0249. The van der Waals surface area contributed by atoms with Crippen LogP contribution in [0.1, 0.15) is 36.0 Å². The van der Waals surface area contributed by atoms with Crippen molar-refractivity contribution in [2.75, 3.05) is 6.54 Å². The number of carbonyl (C=O) groups excluding carboxylic acids is 1. The minimum atomic E-state index is -0.741. The Morgan fingerprint density at radius 3 is 3.00 bits per heavy atom. The summed E-state index contributed by atoms with van der Waals surface area (Å²) in [5, 5.41) is 2.57. The third-order valence-corrected chi connectivity index (χ3v) is 4.76. The van der Waals surface area contributed by atoms with Crippen molar-refractivity contribution < 1.29 is 9.18 Å². The molecule has 0 radical (unpaired) electrons. The summed E-state index contributed by atoms with van der Waals surface area (Å²) in [7, 11) is 0. The predicted octanol–water partition coefficient (Wildman–Crippen LogP) is 3.04. The molecule has 1 N–H and O–H groups in total. The molecule has 19 heavy (non-hydrogen) atoms. The van der Waals surface area contributed by atoms with Gasteiger partial charge in [0, 0.05) is 12.7 Å². The maximum absolute atomic E-state index is 13.6. The zero-order valence-electron chi connectivity index (χ0n) is 10.5. The molecule has 5 heteroatoms. The van der Waals surface area contributed by atoms with Gasteiger partial charge in [0.25, 0.3) is 5.91 Å². The number of amides is 1. The van der Waals surface area contributed by atoms with Crippen LogP contribution in [0.2, 0.25) is 5.15 Å². The number of nitrogens with one attached hydrogen (secondary N) is 1. The number of fused-ring (bicyclic) bond motifs is 2. The van der Waals surface area contributed by atoms with Crippen LogP contribution in [-0.2, 0) is 0 Å². The molecule has 3 atom stereocenters. The molecule has 2 bridgehead atoms. The number of nitrogens with zero attached hydrogens (tertiary/aromatic N) is 1. The lowest BCUT2D eigenvalue weighted by molar-refractivity contribution is 0.0937. The zero-order chi connectivity index (χ0) is 13.4. The van der Waals surface area contributed by atoms with Crippen LogP contribution in [-0.4, -0.2) is 17.4 Å². The lowest BCUT2D eigenvalue weighted by Crippen LogP contribution is -2.32. The molecule has 0 aliphatic heterocycles. The van der Waals surface area contributed by atoms with Gasteiger partial charge in [0.15, 0.2) is 11.0 Å². The first-order chi connectivity index (χ1) is 9.15. The fourth-order valence-corrected chi connectivity index (χ4v) is 3.70. The Morgan fingerprint density at radius 1 is 1.47 bits per heavy atom. The van der Waals surface area contributed by atoms with Crippen LogP contribution in [0, 0.1) is 23.6 Å². The first kappa shape index (κ1) is 12.9. The van der Waals surface area contributed by atoms with Gasteiger partial charge in [0.05, 0.1) is 5.56 Å². The average Bonchev–Trinajstić information content (AvgIpc) is 3.01. The Labute approximate surface area is 116 Å². The van der Waals surface area contributed by atoms with Crippen LogP contribution >= 0.6 is 11.6 Å². The molecule has 1 heterocycles. The van der Waals surface area contributed by atoms with E-state index in [2.05, 4.69) is 10.3 Å². The molecule has 2 aliphatic carbocycles. The highest BCUT2D eigenvalue weighted by Crippen LogP contribution is 2.47. The standard InChI is InChI=1S/C14H16ClFN2O/c15-13-12(16)11(3-4-17-13)14(19)18-7-10-6-8-1-2-9(10)5-8/h3-4,8-10H,1-2,5-7H2,(H,18,19)/t8-,9-,10+/m0/s1. The van der Waals surface area contributed by atoms with E-state index in [4.69, 9.17) is 11.6 Å². The van der Waals surface area contributed by atoms with Crippen molar-refractivity contribution in [1.82, 2.24) is 10.3 Å². The minimum Gasteiger partial charge on any atom is -0.352 e. The lowest BCUT2D eigenvalue weighted by Gasteiger charge is -2.21. The summed E-state index contributed by atoms with van der Waals surface area (Å²) in [6.07, 6.45) is 6.46. The third-order valence-electron chi connectivity index (χ3n) is 4.50. The van der Waals surface area contributed by atoms with Crippen molar-refractivity contribution in [3.63, 3.8) is 0 Å². The van der Waals surface area contributed by atoms with Gasteiger partial charge in [0.2, 0.25) is 0 Å². The maximum Gasteiger partial charge on any atom is 0.254 e. The van der Waals surface area contributed by atoms with Crippen LogP contribution in [0.4, 0.5) is 4.39 Å². The number of pyridine rings is 1. The number of halogens is 2. The van der Waals surface area contributed by atoms with E-state index in [0.29, 0.717) is 12.5 Å². The highest BCUT2D eigenvalue weighted by atomic mass is 35.5. The smallest absolute Gasteiger partial charge is 0.254 e. The molecule has 2 saturated carbocycles. The Kier molecular flexibility index (Phi) is 3.44. The van der Waals surface area contributed by atoms with Crippen LogP contribution in [0.25, 0.3) is 0 Å². The van der Waals surface area contributed by atoms with Crippen molar-refractivity contribution in [1.29, 1.82) is 0 Å². The fraction of sp³-hybridized carbons (Fsp3) is 0.571. The second-order valence-corrected chi connectivity index (χ2v) is 5.97. The summed E-state index contributed by atoms with van der Waals surface area (Å²) in [5.41, 5.74) is -0.0249. The fourth-order valence-electron chi connectivity index (χ4n) is 3.54. The van der Waals surface area contributed by atoms with Gasteiger partial charge in [-0.15, -0.1) is 0 Å². The Bertz CT molecular complexity index is 508. The number of hydrogen-bond donors (Lipinski definition) is 1. The van der Waals surface area contributed by atoms with E-state index < -0.39 is 11.7 Å². The third kappa shape index (κ3) is 2.46. The van der Waals surface area contributed by atoms with Crippen molar-refractivity contribution in [3.05, 3.63) is 28.8 Å². The van der Waals surface area contributed by atoms with Crippen molar-refractivity contribution >= 4 is 17.5 Å². The van der Waals surface area contributed by atoms with E-state index >= 15 is 0 Å². The van der Waals surface area contributed by atoms with Gasteiger partial charge in [0.1, 0.15) is 0 Å². The summed E-state index contributed by atoms with van der Waals surface area (Å²) < 4.78 is 13.6. The van der Waals surface area contributed by atoms with Gasteiger partial charge in [-0.1, -0.05) is 18.0 Å². The summed E-state index contributed by atoms with van der Waals surface area (Å²) >= 11 is 5.57. The van der Waals surface area contributed by atoms with Gasteiger partial charge in [-0.2, -0.15) is 0 Å². The summed E-state index contributed by atoms with van der Waals surface area (Å²) in [4.78, 5) is 15.5. The Hall–Kier alpha value is -1.16. The highest BCUT2D eigenvalue weighted by molar-refractivity contribution is 6.29. The maximum atomic E-state index is 13.6. The van der Waals surface area contributed by atoms with Crippen molar-refractivity contribution in [2.24, 2.45) is 17.8 Å². The molecule has 3 nitrogen and oxygen atoms in total. The van der Waals surface area contributed by atoms with Crippen LogP contribution < -0.4 is 5.32 Å². The van der Waals surface area contributed by atoms with Gasteiger partial charge in [-0.25, -0.2) is 9.37 Å². The largest absolute Gasteiger partial charge is 0.352 e. The van der Waals surface area contributed by atoms with E-state index in [-0.39, 0.29) is 10.7 Å². The van der Waals surface area contributed by atoms with E-state index in [1.54, 1.807) is 0 Å². The van der Waals surface area contributed by atoms with E-state index in [1.165, 1.54) is 37.9 Å². The second-order valence-electron chi connectivity index (χ2n) is 5.61. The quantitative estimate of drug-likeness (QED) is 0.866. The predicted molar refractivity (Wildman–Crippen MR) is 70.5 cm³/mol. The first-order valence-electron chi connectivity index (χ1n) is 6.73. The SMILES string of the molecule is O=C(NC[C@H]1C[C@H]2CC[C@H]1C2)c1ccnc(Cl)c1F. The molecule has 2 fully saturated rings. The lowest BCUT2D eigenvalue weighted by atomic mass is 9.89. The van der Waals surface area contributed by atoms with Crippen LogP contribution in [0.3, 0.4) is 0 Å². The molecule has 1 aromatic heterocycles. The summed E-state index contributed by atoms with van der Waals surface area (Å²) in [5.74, 6) is 1.01. The summed E-state index contributed by atoms with van der Waals surface area (Å²) in [6.45, 7) is 0.638. The topological polar surface area (TPSA) is 42.0 Å². The molecule has 0 saturated heterocycles. The van der Waals surface area contributed by atoms with Crippen LogP contribution in [0.5, 0.6) is 0 Å². The zero-order valence-corrected chi connectivity index (χ0v) is 11.3. The average molecular weight is 283 g/mol. The van der Waals surface area contributed by atoms with E-state index in [0.717, 1.165) is 11.8 Å². The number of rotatable bonds is 3. The monoisotopic (exact) mass is 282 g/mol. The van der Waals surface area contributed by atoms with E-state index in [9.17, 15) is 9.18 Å². The molecule has 1 aromatic rings. The number of aromatic nitrogens is 1. The summed E-state index contributed by atoms with van der Waals surface area (Å²) in [6, 6.07) is 1.36. The molecule has 0 unspecified atom stereocenters. The molecule has 102 valence electrons. The van der Waals surface area contributed by atoms with Gasteiger partial charge in [-0.05, 0) is 43.1 Å². The van der Waals surface area contributed by atoms with Gasteiger partial charge >= 0.3 is 0 Å². The number of carbonyl (C=O) groups is 1. The first-order valence-corrected chi connectivity index (χ1v) is 7.11. The number of hydrogen-bond acceptors (Lipinski definition) is 2. The van der Waals surface area contributed by atoms with Crippen molar-refractivity contribution in [3.8, 4) is 0 Å². The highest BCUT2D eigenvalue weighted by Gasteiger charge is 2.39. The second kappa shape index (κ2) is 5.08. The molecule has 0 spiro atoms. The van der Waals surface area contributed by atoms with E-state index in [1.807, 2.05) is 0 Å².